The van der Waals surface area contributed by atoms with E-state index in [1.165, 1.54) is 14.2 Å². The fourth-order valence-corrected chi connectivity index (χ4v) is 3.55. The lowest BCUT2D eigenvalue weighted by molar-refractivity contribution is -0.151. The largest absolute Gasteiger partial charge is 0.511 e. The van der Waals surface area contributed by atoms with Crippen LogP contribution in [0.3, 0.4) is 0 Å². The zero-order valence-electron chi connectivity index (χ0n) is 14.2. The number of allylic oxidation sites excluding steroid dienone is 2. The highest BCUT2D eigenvalue weighted by molar-refractivity contribution is 6.00. The summed E-state index contributed by atoms with van der Waals surface area (Å²) in [7, 11) is 2.54. The summed E-state index contributed by atoms with van der Waals surface area (Å²) in [6, 6.07) is 0. The van der Waals surface area contributed by atoms with Crippen molar-refractivity contribution in [1.29, 1.82) is 0 Å². The predicted molar refractivity (Wildman–Crippen MR) is 86.1 cm³/mol. The van der Waals surface area contributed by atoms with Crippen LogP contribution < -0.4 is 0 Å². The molecule has 0 saturated heterocycles. The van der Waals surface area contributed by atoms with Gasteiger partial charge in [-0.3, -0.25) is 9.59 Å². The zero-order valence-corrected chi connectivity index (χ0v) is 14.2. The van der Waals surface area contributed by atoms with Gasteiger partial charge in [-0.05, 0) is 31.8 Å². The molecule has 1 saturated carbocycles. The molecular weight excluding hydrogens is 312 g/mol. The molecule has 132 valence electrons. The Morgan fingerprint density at radius 1 is 1.08 bits per heavy atom. The monoisotopic (exact) mass is 336 g/mol. The highest BCUT2D eigenvalue weighted by Crippen LogP contribution is 2.37. The van der Waals surface area contributed by atoms with Crippen molar-refractivity contribution in [3.8, 4) is 0 Å². The third kappa shape index (κ3) is 3.86. The molecule has 6 heteroatoms. The first kappa shape index (κ1) is 18.2. The molecule has 0 aromatic heterocycles. The lowest BCUT2D eigenvalue weighted by atomic mass is 9.79. The SMILES string of the molecule is COC(=O)C1=C(O)CCCC(C2CCCCC(=O)C2C(=O)OC)=C1. The number of esters is 2. The summed E-state index contributed by atoms with van der Waals surface area (Å²) >= 11 is 0. The molecule has 2 unspecified atom stereocenters. The fourth-order valence-electron chi connectivity index (χ4n) is 3.55. The molecule has 2 atom stereocenters. The minimum absolute atomic E-state index is 0.00795. The summed E-state index contributed by atoms with van der Waals surface area (Å²) in [5.74, 6) is -2.37. The number of carbonyl (C=O) groups excluding carboxylic acids is 3. The summed E-state index contributed by atoms with van der Waals surface area (Å²) in [6.45, 7) is 0. The van der Waals surface area contributed by atoms with Crippen LogP contribution in [-0.2, 0) is 23.9 Å². The maximum atomic E-state index is 12.4. The molecule has 24 heavy (non-hydrogen) atoms. The Labute approximate surface area is 141 Å². The van der Waals surface area contributed by atoms with Crippen molar-refractivity contribution < 1.29 is 29.0 Å². The van der Waals surface area contributed by atoms with E-state index in [1.807, 2.05) is 0 Å². The van der Waals surface area contributed by atoms with Crippen LogP contribution in [0.5, 0.6) is 0 Å². The Balaban J connectivity index is 2.42. The quantitative estimate of drug-likeness (QED) is 0.484. The highest BCUT2D eigenvalue weighted by Gasteiger charge is 2.39. The number of methoxy groups -OCH3 is 2. The molecule has 0 aromatic rings. The van der Waals surface area contributed by atoms with Crippen molar-refractivity contribution in [2.45, 2.75) is 44.9 Å². The van der Waals surface area contributed by atoms with Gasteiger partial charge in [0.1, 0.15) is 17.5 Å². The normalized spacial score (nSPS) is 25.4. The number of carbonyl (C=O) groups is 3. The van der Waals surface area contributed by atoms with Crippen LogP contribution in [-0.4, -0.2) is 37.0 Å². The maximum Gasteiger partial charge on any atom is 0.341 e. The molecule has 0 amide bonds. The third-order valence-corrected chi connectivity index (χ3v) is 4.79. The van der Waals surface area contributed by atoms with E-state index >= 15 is 0 Å². The van der Waals surface area contributed by atoms with Crippen molar-refractivity contribution in [1.82, 2.24) is 0 Å². The van der Waals surface area contributed by atoms with Crippen LogP contribution in [0, 0.1) is 11.8 Å². The lowest BCUT2D eigenvalue weighted by Gasteiger charge is -2.24. The number of hydrogen-bond acceptors (Lipinski definition) is 6. The first-order valence-corrected chi connectivity index (χ1v) is 8.31. The Morgan fingerprint density at radius 3 is 2.50 bits per heavy atom. The Hall–Kier alpha value is -2.11. The molecule has 2 rings (SSSR count). The zero-order chi connectivity index (χ0) is 17.7. The molecule has 2 aliphatic carbocycles. The molecular formula is C18H24O6. The van der Waals surface area contributed by atoms with Gasteiger partial charge in [0, 0.05) is 18.8 Å². The van der Waals surface area contributed by atoms with E-state index in [0.29, 0.717) is 32.1 Å². The van der Waals surface area contributed by atoms with Gasteiger partial charge in [0.25, 0.3) is 0 Å². The van der Waals surface area contributed by atoms with Crippen LogP contribution in [0.2, 0.25) is 0 Å². The van der Waals surface area contributed by atoms with Crippen LogP contribution in [0.1, 0.15) is 44.9 Å². The van der Waals surface area contributed by atoms with E-state index in [-0.39, 0.29) is 23.0 Å². The standard InChI is InChI=1S/C18H24O6/c1-23-17(21)13-10-11(6-5-9-14(13)19)12-7-3-4-8-15(20)16(12)18(22)24-2/h10,12,16,19H,3-9H2,1-2H3. The van der Waals surface area contributed by atoms with E-state index < -0.39 is 17.9 Å². The van der Waals surface area contributed by atoms with Crippen LogP contribution >= 0.6 is 0 Å². The second-order valence-electron chi connectivity index (χ2n) is 6.24. The van der Waals surface area contributed by atoms with Crippen LogP contribution in [0.4, 0.5) is 0 Å². The molecule has 0 heterocycles. The van der Waals surface area contributed by atoms with Crippen molar-refractivity contribution in [2.75, 3.05) is 14.2 Å². The third-order valence-electron chi connectivity index (χ3n) is 4.79. The van der Waals surface area contributed by atoms with E-state index in [4.69, 9.17) is 9.47 Å². The van der Waals surface area contributed by atoms with E-state index in [1.54, 1.807) is 6.08 Å². The number of aliphatic hydroxyl groups excluding tert-OH is 1. The Kier molecular flexibility index (Phi) is 6.17. The molecule has 1 N–H and O–H groups in total. The van der Waals surface area contributed by atoms with Gasteiger partial charge in [0.05, 0.1) is 19.8 Å². The summed E-state index contributed by atoms with van der Waals surface area (Å²) in [5, 5.41) is 10.1. The number of ether oxygens (including phenoxy) is 2. The second-order valence-corrected chi connectivity index (χ2v) is 6.24. The molecule has 0 bridgehead atoms. The number of Topliss-reactive ketones (excluding diaryl/α,β-unsaturated/α-hetero) is 1. The smallest absolute Gasteiger partial charge is 0.341 e. The molecule has 0 spiro atoms. The number of rotatable bonds is 3. The molecule has 6 nitrogen and oxygen atoms in total. The van der Waals surface area contributed by atoms with Gasteiger partial charge in [0.2, 0.25) is 0 Å². The topological polar surface area (TPSA) is 89.9 Å². The van der Waals surface area contributed by atoms with Gasteiger partial charge in [-0.25, -0.2) is 4.79 Å². The van der Waals surface area contributed by atoms with Gasteiger partial charge in [-0.15, -0.1) is 0 Å². The van der Waals surface area contributed by atoms with Gasteiger partial charge in [-0.1, -0.05) is 12.0 Å². The van der Waals surface area contributed by atoms with Crippen molar-refractivity contribution in [3.63, 3.8) is 0 Å². The second kappa shape index (κ2) is 8.13. The molecule has 0 aliphatic heterocycles. The van der Waals surface area contributed by atoms with Crippen LogP contribution in [0.25, 0.3) is 0 Å². The van der Waals surface area contributed by atoms with Crippen LogP contribution in [0.15, 0.2) is 23.0 Å². The Morgan fingerprint density at radius 2 is 1.83 bits per heavy atom. The van der Waals surface area contributed by atoms with Crippen molar-refractivity contribution >= 4 is 17.7 Å². The van der Waals surface area contributed by atoms with Gasteiger partial charge < -0.3 is 14.6 Å². The predicted octanol–water partition coefficient (Wildman–Crippen LogP) is 2.63. The first-order chi connectivity index (χ1) is 11.5. The van der Waals surface area contributed by atoms with Crippen molar-refractivity contribution in [3.05, 3.63) is 23.0 Å². The van der Waals surface area contributed by atoms with Gasteiger partial charge >= 0.3 is 11.9 Å². The van der Waals surface area contributed by atoms with E-state index in [0.717, 1.165) is 18.4 Å². The van der Waals surface area contributed by atoms with Gasteiger partial charge in [-0.2, -0.15) is 0 Å². The summed E-state index contributed by atoms with van der Waals surface area (Å²) in [4.78, 5) is 36.5. The molecule has 1 fully saturated rings. The number of hydrogen-bond donors (Lipinski definition) is 1. The Bertz CT molecular complexity index is 586. The van der Waals surface area contributed by atoms with E-state index in [9.17, 15) is 19.5 Å². The van der Waals surface area contributed by atoms with Gasteiger partial charge in [0.15, 0.2) is 0 Å². The number of aliphatic hydroxyl groups is 1. The summed E-state index contributed by atoms with van der Waals surface area (Å²) in [6.07, 6.45) is 5.89. The highest BCUT2D eigenvalue weighted by atomic mass is 16.5. The molecule has 2 aliphatic rings. The minimum atomic E-state index is -0.831. The first-order valence-electron chi connectivity index (χ1n) is 8.31. The summed E-state index contributed by atoms with van der Waals surface area (Å²) < 4.78 is 9.58. The van der Waals surface area contributed by atoms with E-state index in [2.05, 4.69) is 0 Å². The fraction of sp³-hybridized carbons (Fsp3) is 0.611. The lowest BCUT2D eigenvalue weighted by Crippen LogP contribution is -2.32. The average Bonchev–Trinajstić information content (AvgIpc) is 2.89. The minimum Gasteiger partial charge on any atom is -0.511 e. The average molecular weight is 336 g/mol. The number of ketones is 1. The molecule has 0 aromatic carbocycles. The maximum absolute atomic E-state index is 12.4. The summed E-state index contributed by atoms with van der Waals surface area (Å²) in [5.41, 5.74) is 0.954. The van der Waals surface area contributed by atoms with Crippen molar-refractivity contribution in [2.24, 2.45) is 11.8 Å². The molecule has 0 radical (unpaired) electrons.